The van der Waals surface area contributed by atoms with Gasteiger partial charge in [0, 0.05) is 43.6 Å². The molecule has 4 nitrogen and oxygen atoms in total. The number of likely N-dealkylation sites (tertiary alicyclic amines) is 1. The highest BCUT2D eigenvalue weighted by atomic mass is 32.2. The third kappa shape index (κ3) is 5.79. The van der Waals surface area contributed by atoms with Crippen LogP contribution in [0, 0.1) is 0 Å². The predicted molar refractivity (Wildman–Crippen MR) is 110 cm³/mol. The number of likely N-dealkylation sites (N-methyl/N-ethyl adjacent to an activating group) is 1. The van der Waals surface area contributed by atoms with Crippen LogP contribution in [0.2, 0.25) is 0 Å². The summed E-state index contributed by atoms with van der Waals surface area (Å²) in [6, 6.07) is 11.4. The molecular formula is C21H30N4S. The molecule has 3 rings (SSSR count). The topological polar surface area (TPSA) is 32.3 Å². The van der Waals surface area contributed by atoms with E-state index in [9.17, 15) is 0 Å². The lowest BCUT2D eigenvalue weighted by Crippen LogP contribution is -2.46. The van der Waals surface area contributed by atoms with Gasteiger partial charge in [0.25, 0.3) is 0 Å². The van der Waals surface area contributed by atoms with Crippen molar-refractivity contribution in [3.63, 3.8) is 0 Å². The second kappa shape index (κ2) is 10.0. The minimum absolute atomic E-state index is 0.615. The number of hydrogen-bond donors (Lipinski definition) is 0. The van der Waals surface area contributed by atoms with Crippen LogP contribution in [0.1, 0.15) is 30.9 Å². The summed E-state index contributed by atoms with van der Waals surface area (Å²) >= 11 is 1.69. The van der Waals surface area contributed by atoms with Crippen LogP contribution in [-0.4, -0.2) is 58.2 Å². The van der Waals surface area contributed by atoms with Crippen LogP contribution in [0.5, 0.6) is 0 Å². The van der Waals surface area contributed by atoms with E-state index in [4.69, 9.17) is 0 Å². The van der Waals surface area contributed by atoms with Gasteiger partial charge in [-0.3, -0.25) is 4.90 Å². The van der Waals surface area contributed by atoms with E-state index in [-0.39, 0.29) is 0 Å². The molecule has 2 aromatic rings. The fourth-order valence-corrected chi connectivity index (χ4v) is 4.08. The van der Waals surface area contributed by atoms with Gasteiger partial charge >= 0.3 is 0 Å². The van der Waals surface area contributed by atoms with E-state index in [0.29, 0.717) is 6.04 Å². The molecule has 0 N–H and O–H groups in total. The molecule has 0 spiro atoms. The lowest BCUT2D eigenvalue weighted by molar-refractivity contribution is 0.112. The van der Waals surface area contributed by atoms with Gasteiger partial charge in [0.15, 0.2) is 5.16 Å². The van der Waals surface area contributed by atoms with E-state index in [1.165, 1.54) is 30.5 Å². The maximum absolute atomic E-state index is 4.46. The highest BCUT2D eigenvalue weighted by molar-refractivity contribution is 7.99. The van der Waals surface area contributed by atoms with Gasteiger partial charge in [-0.25, -0.2) is 9.97 Å². The molecule has 5 heteroatoms. The molecule has 0 bridgehead atoms. The average molecular weight is 371 g/mol. The normalized spacial score (nSPS) is 18.3. The number of rotatable bonds is 8. The molecule has 26 heavy (non-hydrogen) atoms. The fourth-order valence-electron chi connectivity index (χ4n) is 3.57. The molecule has 1 unspecified atom stereocenters. The number of hydrogen-bond acceptors (Lipinski definition) is 5. The van der Waals surface area contributed by atoms with E-state index in [1.807, 2.05) is 12.4 Å². The van der Waals surface area contributed by atoms with E-state index in [2.05, 4.69) is 64.1 Å². The lowest BCUT2D eigenvalue weighted by atomic mass is 10.0. The van der Waals surface area contributed by atoms with E-state index < -0.39 is 0 Å². The molecule has 0 saturated carbocycles. The van der Waals surface area contributed by atoms with E-state index in [1.54, 1.807) is 11.8 Å². The Bertz CT molecular complexity index is 647. The van der Waals surface area contributed by atoms with Crippen molar-refractivity contribution in [1.82, 2.24) is 19.8 Å². The zero-order valence-corrected chi connectivity index (χ0v) is 16.8. The Morgan fingerprint density at radius 3 is 2.65 bits per heavy atom. The van der Waals surface area contributed by atoms with Crippen LogP contribution >= 0.6 is 11.8 Å². The summed E-state index contributed by atoms with van der Waals surface area (Å²) in [6.07, 6.45) is 7.67. The molecule has 1 aliphatic heterocycles. The largest absolute Gasteiger partial charge is 0.301 e. The van der Waals surface area contributed by atoms with Gasteiger partial charge < -0.3 is 4.90 Å². The van der Waals surface area contributed by atoms with Crippen LogP contribution in [-0.2, 0) is 13.0 Å². The molecule has 1 fully saturated rings. The SMILES string of the molecule is CCSc1ncc(CN(C)C2CCCN(CCc3ccccc3)C2)cn1. The van der Waals surface area contributed by atoms with Crippen LogP contribution in [0.15, 0.2) is 47.9 Å². The molecule has 0 amide bonds. The number of piperidine rings is 1. The van der Waals surface area contributed by atoms with E-state index >= 15 is 0 Å². The van der Waals surface area contributed by atoms with Crippen LogP contribution in [0.4, 0.5) is 0 Å². The Hall–Kier alpha value is -1.43. The van der Waals surface area contributed by atoms with Crippen molar-refractivity contribution >= 4 is 11.8 Å². The fraction of sp³-hybridized carbons (Fsp3) is 0.524. The second-order valence-corrected chi connectivity index (χ2v) is 8.29. The number of nitrogens with zero attached hydrogens (tertiary/aromatic N) is 4. The van der Waals surface area contributed by atoms with Crippen molar-refractivity contribution in [2.75, 3.05) is 32.4 Å². The van der Waals surface area contributed by atoms with Crippen molar-refractivity contribution in [3.8, 4) is 0 Å². The summed E-state index contributed by atoms with van der Waals surface area (Å²) in [5, 5.41) is 0.878. The Kier molecular flexibility index (Phi) is 7.47. The maximum Gasteiger partial charge on any atom is 0.187 e. The Balaban J connectivity index is 1.48. The number of aromatic nitrogens is 2. The first-order valence-corrected chi connectivity index (χ1v) is 10.6. The third-order valence-electron chi connectivity index (χ3n) is 5.05. The smallest absolute Gasteiger partial charge is 0.187 e. The number of benzene rings is 1. The summed E-state index contributed by atoms with van der Waals surface area (Å²) in [6.45, 7) is 6.59. The van der Waals surface area contributed by atoms with Crippen molar-refractivity contribution < 1.29 is 0 Å². The highest BCUT2D eigenvalue weighted by Gasteiger charge is 2.23. The maximum atomic E-state index is 4.46. The molecule has 1 aliphatic rings. The quantitative estimate of drug-likeness (QED) is 0.522. The zero-order chi connectivity index (χ0) is 18.2. The minimum Gasteiger partial charge on any atom is -0.301 e. The van der Waals surface area contributed by atoms with Crippen molar-refractivity contribution in [2.45, 2.75) is 43.9 Å². The van der Waals surface area contributed by atoms with Crippen LogP contribution < -0.4 is 0 Å². The zero-order valence-electron chi connectivity index (χ0n) is 16.0. The van der Waals surface area contributed by atoms with Crippen molar-refractivity contribution in [3.05, 3.63) is 53.9 Å². The van der Waals surface area contributed by atoms with Crippen molar-refractivity contribution in [2.24, 2.45) is 0 Å². The minimum atomic E-state index is 0.615. The summed E-state index contributed by atoms with van der Waals surface area (Å²) in [5.74, 6) is 1.01. The standard InChI is InChI=1S/C21H30N4S/c1-3-26-21-22-14-19(15-23-21)16-24(2)20-10-7-12-25(17-20)13-11-18-8-5-4-6-9-18/h4-6,8-9,14-15,20H,3,7,10-13,16-17H2,1-2H3. The number of thioether (sulfide) groups is 1. The second-order valence-electron chi connectivity index (χ2n) is 7.05. The Labute approximate surface area is 162 Å². The summed E-state index contributed by atoms with van der Waals surface area (Å²) in [4.78, 5) is 14.0. The average Bonchev–Trinajstić information content (AvgIpc) is 2.69. The van der Waals surface area contributed by atoms with Gasteiger partial charge in [0.1, 0.15) is 0 Å². The van der Waals surface area contributed by atoms with Gasteiger partial charge in [0.05, 0.1) is 0 Å². The first kappa shape index (κ1) is 19.3. The molecule has 0 radical (unpaired) electrons. The summed E-state index contributed by atoms with van der Waals surface area (Å²) in [5.41, 5.74) is 2.64. The van der Waals surface area contributed by atoms with Gasteiger partial charge in [-0.1, -0.05) is 49.0 Å². The predicted octanol–water partition coefficient (Wildman–Crippen LogP) is 3.73. The molecule has 1 aromatic carbocycles. The third-order valence-corrected chi connectivity index (χ3v) is 5.81. The molecule has 1 aromatic heterocycles. The van der Waals surface area contributed by atoms with Crippen LogP contribution in [0.3, 0.4) is 0 Å². The van der Waals surface area contributed by atoms with Gasteiger partial charge in [-0.15, -0.1) is 0 Å². The van der Waals surface area contributed by atoms with Crippen molar-refractivity contribution in [1.29, 1.82) is 0 Å². The molecule has 1 atom stereocenters. The van der Waals surface area contributed by atoms with Crippen LogP contribution in [0.25, 0.3) is 0 Å². The monoisotopic (exact) mass is 370 g/mol. The first-order valence-electron chi connectivity index (χ1n) is 9.65. The highest BCUT2D eigenvalue weighted by Crippen LogP contribution is 2.18. The van der Waals surface area contributed by atoms with Gasteiger partial charge in [0.2, 0.25) is 0 Å². The Morgan fingerprint density at radius 1 is 1.15 bits per heavy atom. The molecule has 1 saturated heterocycles. The van der Waals surface area contributed by atoms with Gasteiger partial charge in [-0.2, -0.15) is 0 Å². The van der Waals surface area contributed by atoms with E-state index in [0.717, 1.165) is 37.0 Å². The summed E-state index contributed by atoms with van der Waals surface area (Å²) in [7, 11) is 2.24. The molecular weight excluding hydrogens is 340 g/mol. The van der Waals surface area contributed by atoms with Gasteiger partial charge in [-0.05, 0) is 44.2 Å². The molecule has 0 aliphatic carbocycles. The Morgan fingerprint density at radius 2 is 1.92 bits per heavy atom. The lowest BCUT2D eigenvalue weighted by Gasteiger charge is -2.37. The molecule has 2 heterocycles. The summed E-state index contributed by atoms with van der Waals surface area (Å²) < 4.78 is 0. The molecule has 140 valence electrons. The first-order chi connectivity index (χ1) is 12.7.